The maximum absolute atomic E-state index is 12.5. The molecule has 0 N–H and O–H groups in total. The van der Waals surface area contributed by atoms with Gasteiger partial charge in [-0.25, -0.2) is 4.79 Å². The van der Waals surface area contributed by atoms with Crippen molar-refractivity contribution >= 4 is 11.8 Å². The van der Waals surface area contributed by atoms with Crippen LogP contribution in [0.4, 0.5) is 0 Å². The fraction of sp³-hybridized carbons (Fsp3) is 0.333. The molecular formula is C30H34O4. The van der Waals surface area contributed by atoms with Crippen LogP contribution in [0.5, 0.6) is 11.5 Å². The van der Waals surface area contributed by atoms with Gasteiger partial charge in [-0.2, -0.15) is 0 Å². The summed E-state index contributed by atoms with van der Waals surface area (Å²) in [6.45, 7) is 5.98. The van der Waals surface area contributed by atoms with Crippen LogP contribution in [-0.2, 0) is 0 Å². The second-order valence-electron chi connectivity index (χ2n) is 8.65. The number of ketones is 1. The molecule has 34 heavy (non-hydrogen) atoms. The van der Waals surface area contributed by atoms with E-state index in [1.165, 1.54) is 30.9 Å². The van der Waals surface area contributed by atoms with Gasteiger partial charge in [0.05, 0.1) is 12.7 Å². The fourth-order valence-electron chi connectivity index (χ4n) is 4.37. The molecule has 0 bridgehead atoms. The van der Waals surface area contributed by atoms with Crippen molar-refractivity contribution in [3.05, 3.63) is 95.1 Å². The van der Waals surface area contributed by atoms with E-state index in [1.54, 1.807) is 31.4 Å². The SMILES string of the molecule is CCCCC(CC)C(c1ccc(OC)cc1)c1ccc(OC(=O)c2ccc(C(C)=O)cc2)cc1. The lowest BCUT2D eigenvalue weighted by Gasteiger charge is -2.28. The van der Waals surface area contributed by atoms with Crippen molar-refractivity contribution in [2.75, 3.05) is 7.11 Å². The fourth-order valence-corrected chi connectivity index (χ4v) is 4.37. The van der Waals surface area contributed by atoms with Gasteiger partial charge in [-0.15, -0.1) is 0 Å². The molecular weight excluding hydrogens is 424 g/mol. The first-order valence-corrected chi connectivity index (χ1v) is 12.0. The number of methoxy groups -OCH3 is 1. The van der Waals surface area contributed by atoms with Crippen molar-refractivity contribution in [1.82, 2.24) is 0 Å². The number of ether oxygens (including phenoxy) is 2. The standard InChI is InChI=1S/C30H34O4/c1-5-7-8-22(6-2)29(24-13-17-27(33-4)18-14-24)25-15-19-28(20-16-25)34-30(32)26-11-9-23(10-12-26)21(3)31/h9-20,22,29H,5-8H2,1-4H3. The molecule has 0 aliphatic carbocycles. The monoisotopic (exact) mass is 458 g/mol. The van der Waals surface area contributed by atoms with Gasteiger partial charge in [0.2, 0.25) is 0 Å². The molecule has 0 aliphatic heterocycles. The Kier molecular flexibility index (Phi) is 9.03. The van der Waals surface area contributed by atoms with Gasteiger partial charge in [0, 0.05) is 11.5 Å². The second kappa shape index (κ2) is 12.2. The molecule has 178 valence electrons. The highest BCUT2D eigenvalue weighted by molar-refractivity contribution is 5.96. The van der Waals surface area contributed by atoms with Gasteiger partial charge in [-0.1, -0.05) is 69.5 Å². The maximum Gasteiger partial charge on any atom is 0.343 e. The van der Waals surface area contributed by atoms with E-state index in [-0.39, 0.29) is 11.7 Å². The van der Waals surface area contributed by atoms with Crippen LogP contribution in [-0.4, -0.2) is 18.9 Å². The first-order chi connectivity index (χ1) is 16.5. The summed E-state index contributed by atoms with van der Waals surface area (Å²) in [5.41, 5.74) is 3.45. The maximum atomic E-state index is 12.5. The van der Waals surface area contributed by atoms with Crippen LogP contribution >= 0.6 is 0 Å². The van der Waals surface area contributed by atoms with Gasteiger partial charge in [0.1, 0.15) is 11.5 Å². The lowest BCUT2D eigenvalue weighted by atomic mass is 9.77. The normalized spacial score (nSPS) is 12.6. The van der Waals surface area contributed by atoms with Gasteiger partial charge < -0.3 is 9.47 Å². The van der Waals surface area contributed by atoms with Crippen molar-refractivity contribution in [1.29, 1.82) is 0 Å². The van der Waals surface area contributed by atoms with Gasteiger partial charge in [-0.3, -0.25) is 4.79 Å². The Morgan fingerprint density at radius 1 is 0.765 bits per heavy atom. The number of Topliss-reactive ketones (excluding diaryl/α,β-unsaturated/α-hetero) is 1. The molecule has 0 aliphatic rings. The van der Waals surface area contributed by atoms with Crippen LogP contribution in [0.15, 0.2) is 72.8 Å². The molecule has 0 radical (unpaired) electrons. The van der Waals surface area contributed by atoms with Crippen LogP contribution in [0.1, 0.15) is 84.2 Å². The van der Waals surface area contributed by atoms with E-state index in [0.717, 1.165) is 18.6 Å². The summed E-state index contributed by atoms with van der Waals surface area (Å²) in [6.07, 6.45) is 4.62. The highest BCUT2D eigenvalue weighted by Gasteiger charge is 2.24. The molecule has 0 saturated carbocycles. The van der Waals surface area contributed by atoms with Gasteiger partial charge in [-0.05, 0) is 66.8 Å². The number of esters is 1. The van der Waals surface area contributed by atoms with E-state index < -0.39 is 5.97 Å². The van der Waals surface area contributed by atoms with Crippen molar-refractivity contribution in [2.45, 2.75) is 52.4 Å². The molecule has 2 unspecified atom stereocenters. The Hall–Kier alpha value is -3.40. The van der Waals surface area contributed by atoms with Crippen LogP contribution in [0.25, 0.3) is 0 Å². The largest absolute Gasteiger partial charge is 0.497 e. The summed E-state index contributed by atoms with van der Waals surface area (Å²) >= 11 is 0. The van der Waals surface area contributed by atoms with Gasteiger partial charge >= 0.3 is 5.97 Å². The lowest BCUT2D eigenvalue weighted by Crippen LogP contribution is -2.14. The average Bonchev–Trinajstić information content (AvgIpc) is 2.87. The predicted molar refractivity (Wildman–Crippen MR) is 136 cm³/mol. The van der Waals surface area contributed by atoms with E-state index in [0.29, 0.717) is 22.8 Å². The minimum absolute atomic E-state index is 0.0359. The summed E-state index contributed by atoms with van der Waals surface area (Å²) in [6, 6.07) is 22.7. The molecule has 0 fully saturated rings. The molecule has 0 saturated heterocycles. The number of hydrogen-bond acceptors (Lipinski definition) is 4. The zero-order valence-electron chi connectivity index (χ0n) is 20.5. The Morgan fingerprint density at radius 3 is 1.76 bits per heavy atom. The summed E-state index contributed by atoms with van der Waals surface area (Å²) in [5.74, 6) is 1.64. The quantitative estimate of drug-likeness (QED) is 0.170. The van der Waals surface area contributed by atoms with Gasteiger partial charge in [0.25, 0.3) is 0 Å². The number of hydrogen-bond donors (Lipinski definition) is 0. The van der Waals surface area contributed by atoms with Crippen LogP contribution < -0.4 is 9.47 Å². The molecule has 4 heteroatoms. The Bertz CT molecular complexity index is 1070. The highest BCUT2D eigenvalue weighted by atomic mass is 16.5. The molecule has 0 aromatic heterocycles. The topological polar surface area (TPSA) is 52.6 Å². The smallest absolute Gasteiger partial charge is 0.343 e. The van der Waals surface area contributed by atoms with Crippen molar-refractivity contribution < 1.29 is 19.1 Å². The Labute approximate surface area is 202 Å². The first kappa shape index (κ1) is 25.2. The molecule has 0 heterocycles. The minimum Gasteiger partial charge on any atom is -0.497 e. The molecule has 3 aromatic rings. The lowest BCUT2D eigenvalue weighted by molar-refractivity contribution is 0.0734. The Balaban J connectivity index is 1.81. The second-order valence-corrected chi connectivity index (χ2v) is 8.65. The first-order valence-electron chi connectivity index (χ1n) is 12.0. The summed E-state index contributed by atoms with van der Waals surface area (Å²) in [7, 11) is 1.68. The minimum atomic E-state index is -0.441. The summed E-state index contributed by atoms with van der Waals surface area (Å²) < 4.78 is 10.9. The Morgan fingerprint density at radius 2 is 1.29 bits per heavy atom. The summed E-state index contributed by atoms with van der Waals surface area (Å²) in [4.78, 5) is 24.0. The summed E-state index contributed by atoms with van der Waals surface area (Å²) in [5, 5.41) is 0. The zero-order valence-corrected chi connectivity index (χ0v) is 20.5. The van der Waals surface area contributed by atoms with Crippen LogP contribution in [0.2, 0.25) is 0 Å². The van der Waals surface area contributed by atoms with Crippen LogP contribution in [0.3, 0.4) is 0 Å². The van der Waals surface area contributed by atoms with Crippen molar-refractivity contribution in [3.63, 3.8) is 0 Å². The third kappa shape index (κ3) is 6.34. The molecule has 0 spiro atoms. The third-order valence-corrected chi connectivity index (χ3v) is 6.38. The van der Waals surface area contributed by atoms with Crippen LogP contribution in [0, 0.1) is 5.92 Å². The zero-order chi connectivity index (χ0) is 24.5. The van der Waals surface area contributed by atoms with E-state index in [2.05, 4.69) is 38.1 Å². The number of carbonyl (C=O) groups excluding carboxylic acids is 2. The van der Waals surface area contributed by atoms with E-state index in [9.17, 15) is 9.59 Å². The molecule has 3 aromatic carbocycles. The number of benzene rings is 3. The van der Waals surface area contributed by atoms with Crippen molar-refractivity contribution in [2.24, 2.45) is 5.92 Å². The molecule has 4 nitrogen and oxygen atoms in total. The van der Waals surface area contributed by atoms with E-state index in [1.807, 2.05) is 24.3 Å². The number of rotatable bonds is 11. The average molecular weight is 459 g/mol. The third-order valence-electron chi connectivity index (χ3n) is 6.38. The van der Waals surface area contributed by atoms with Gasteiger partial charge in [0.15, 0.2) is 5.78 Å². The molecule has 0 amide bonds. The van der Waals surface area contributed by atoms with E-state index in [4.69, 9.17) is 9.47 Å². The highest BCUT2D eigenvalue weighted by Crippen LogP contribution is 2.38. The van der Waals surface area contributed by atoms with E-state index >= 15 is 0 Å². The number of unbranched alkanes of at least 4 members (excludes halogenated alkanes) is 1. The molecule has 3 rings (SSSR count). The van der Waals surface area contributed by atoms with Crippen molar-refractivity contribution in [3.8, 4) is 11.5 Å². The predicted octanol–water partition coefficient (Wildman–Crippen LogP) is 7.47. The molecule has 2 atom stereocenters. The number of carbonyl (C=O) groups is 2.